The van der Waals surface area contributed by atoms with Crippen LogP contribution in [0, 0.1) is 20.8 Å². The van der Waals surface area contributed by atoms with Gasteiger partial charge in [0, 0.05) is 58.7 Å². The Morgan fingerprint density at radius 2 is 1.90 bits per heavy atom. The Kier molecular flexibility index (Phi) is 8.28. The average Bonchev–Trinajstić information content (AvgIpc) is 3.10. The molecule has 1 fully saturated rings. The van der Waals surface area contributed by atoms with E-state index in [4.69, 9.17) is 9.73 Å². The number of benzene rings is 1. The number of hydrogen-bond donors (Lipinski definition) is 1. The van der Waals surface area contributed by atoms with Gasteiger partial charge in [-0.25, -0.2) is 4.99 Å². The molecule has 8 heteroatoms. The molecule has 1 aromatic carbocycles. The van der Waals surface area contributed by atoms with Crippen molar-refractivity contribution in [1.82, 2.24) is 25.0 Å². The first-order valence-electron chi connectivity index (χ1n) is 11.3. The Bertz CT molecular complexity index is 869. The zero-order valence-corrected chi connectivity index (χ0v) is 19.7. The van der Waals surface area contributed by atoms with E-state index in [0.717, 1.165) is 70.0 Å². The maximum absolute atomic E-state index is 5.47. The van der Waals surface area contributed by atoms with Crippen LogP contribution in [0.5, 0.6) is 0 Å². The fourth-order valence-electron chi connectivity index (χ4n) is 3.76. The molecule has 0 radical (unpaired) electrons. The minimum atomic E-state index is 0.516. The molecule has 0 spiro atoms. The molecular formula is C23H37N7O. The van der Waals surface area contributed by atoms with Gasteiger partial charge in [0.1, 0.15) is 12.4 Å². The van der Waals surface area contributed by atoms with Crippen molar-refractivity contribution < 1.29 is 4.74 Å². The molecular weight excluding hydrogens is 390 g/mol. The van der Waals surface area contributed by atoms with E-state index in [2.05, 4.69) is 57.4 Å². The number of ether oxygens (including phenoxy) is 1. The largest absolute Gasteiger partial charge is 0.382 e. The van der Waals surface area contributed by atoms with Gasteiger partial charge in [-0.05, 0) is 51.3 Å². The molecule has 0 atom stereocenters. The van der Waals surface area contributed by atoms with Crippen molar-refractivity contribution >= 4 is 11.6 Å². The summed E-state index contributed by atoms with van der Waals surface area (Å²) in [4.78, 5) is 9.72. The Hall–Kier alpha value is -2.61. The van der Waals surface area contributed by atoms with E-state index >= 15 is 0 Å². The van der Waals surface area contributed by atoms with Crippen LogP contribution < -0.4 is 10.2 Å². The van der Waals surface area contributed by atoms with Crippen molar-refractivity contribution in [2.24, 2.45) is 12.0 Å². The summed E-state index contributed by atoms with van der Waals surface area (Å²) in [6.45, 7) is 15.1. The van der Waals surface area contributed by atoms with Crippen molar-refractivity contribution in [3.63, 3.8) is 0 Å². The number of aryl methyl sites for hydroxylation is 2. The van der Waals surface area contributed by atoms with Crippen molar-refractivity contribution in [2.75, 3.05) is 50.8 Å². The number of aliphatic imine (C=N–C) groups is 1. The number of aromatic nitrogens is 3. The Morgan fingerprint density at radius 1 is 1.13 bits per heavy atom. The zero-order valence-electron chi connectivity index (χ0n) is 19.7. The van der Waals surface area contributed by atoms with E-state index in [9.17, 15) is 0 Å². The number of guanidine groups is 1. The highest BCUT2D eigenvalue weighted by Crippen LogP contribution is 2.23. The molecule has 1 saturated heterocycles. The number of rotatable bonds is 8. The van der Waals surface area contributed by atoms with E-state index in [1.165, 1.54) is 16.8 Å². The number of nitrogens with zero attached hydrogens (tertiary/aromatic N) is 6. The molecule has 2 aromatic rings. The molecule has 170 valence electrons. The maximum Gasteiger partial charge on any atom is 0.194 e. The average molecular weight is 428 g/mol. The lowest BCUT2D eigenvalue weighted by Gasteiger charge is -2.38. The zero-order chi connectivity index (χ0) is 22.2. The first-order valence-corrected chi connectivity index (χ1v) is 11.3. The van der Waals surface area contributed by atoms with Crippen LogP contribution >= 0.6 is 0 Å². The smallest absolute Gasteiger partial charge is 0.194 e. The normalized spacial score (nSPS) is 14.9. The van der Waals surface area contributed by atoms with Gasteiger partial charge in [-0.1, -0.05) is 12.1 Å². The van der Waals surface area contributed by atoms with Crippen molar-refractivity contribution in [1.29, 1.82) is 0 Å². The molecule has 1 aliphatic rings. The van der Waals surface area contributed by atoms with E-state index < -0.39 is 0 Å². The predicted octanol–water partition coefficient (Wildman–Crippen LogP) is 2.43. The Labute approximate surface area is 186 Å². The first-order chi connectivity index (χ1) is 15.0. The number of nitrogens with one attached hydrogen (secondary N) is 1. The summed E-state index contributed by atoms with van der Waals surface area (Å²) in [6.07, 6.45) is 0.957. The maximum atomic E-state index is 5.47. The van der Waals surface area contributed by atoms with Gasteiger partial charge >= 0.3 is 0 Å². The molecule has 0 amide bonds. The summed E-state index contributed by atoms with van der Waals surface area (Å²) >= 11 is 0. The molecule has 0 aliphatic carbocycles. The summed E-state index contributed by atoms with van der Waals surface area (Å²) in [5.74, 6) is 2.72. The highest BCUT2D eigenvalue weighted by Gasteiger charge is 2.21. The summed E-state index contributed by atoms with van der Waals surface area (Å²) < 4.78 is 7.47. The van der Waals surface area contributed by atoms with Crippen LogP contribution in [-0.4, -0.2) is 71.6 Å². The third kappa shape index (κ3) is 5.97. The van der Waals surface area contributed by atoms with E-state index in [1.807, 2.05) is 25.5 Å². The van der Waals surface area contributed by atoms with Gasteiger partial charge in [0.25, 0.3) is 0 Å². The van der Waals surface area contributed by atoms with Gasteiger partial charge in [-0.2, -0.15) is 0 Å². The van der Waals surface area contributed by atoms with Crippen LogP contribution in [0.4, 0.5) is 5.69 Å². The lowest BCUT2D eigenvalue weighted by molar-refractivity contribution is 0.145. The van der Waals surface area contributed by atoms with Crippen LogP contribution in [0.2, 0.25) is 0 Å². The van der Waals surface area contributed by atoms with Crippen LogP contribution in [0.1, 0.15) is 36.1 Å². The molecule has 1 aromatic heterocycles. The third-order valence-corrected chi connectivity index (χ3v) is 6.00. The van der Waals surface area contributed by atoms with Gasteiger partial charge in [0.15, 0.2) is 11.8 Å². The van der Waals surface area contributed by atoms with Gasteiger partial charge in [0.05, 0.1) is 0 Å². The molecule has 1 N–H and O–H groups in total. The van der Waals surface area contributed by atoms with Gasteiger partial charge in [0.2, 0.25) is 0 Å². The minimum Gasteiger partial charge on any atom is -0.382 e. The highest BCUT2D eigenvalue weighted by molar-refractivity contribution is 5.80. The highest BCUT2D eigenvalue weighted by atomic mass is 16.5. The number of hydrogen-bond acceptors (Lipinski definition) is 5. The van der Waals surface area contributed by atoms with Crippen molar-refractivity contribution in [2.45, 2.75) is 40.7 Å². The van der Waals surface area contributed by atoms with Crippen LogP contribution in [-0.2, 0) is 18.3 Å². The van der Waals surface area contributed by atoms with Crippen LogP contribution in [0.15, 0.2) is 23.2 Å². The number of anilines is 1. The monoisotopic (exact) mass is 427 g/mol. The van der Waals surface area contributed by atoms with Gasteiger partial charge < -0.3 is 24.4 Å². The fraction of sp³-hybridized carbons (Fsp3) is 0.609. The van der Waals surface area contributed by atoms with E-state index in [-0.39, 0.29) is 0 Å². The molecule has 31 heavy (non-hydrogen) atoms. The molecule has 0 saturated carbocycles. The second-order valence-corrected chi connectivity index (χ2v) is 8.03. The van der Waals surface area contributed by atoms with Crippen molar-refractivity contribution in [3.8, 4) is 0 Å². The summed E-state index contributed by atoms with van der Waals surface area (Å²) in [5, 5.41) is 11.9. The Balaban J connectivity index is 1.65. The standard InChI is InChI=1S/C23H37N7O/c1-6-31-16-8-11-24-23(25-17-22-27-26-20(4)28(22)5)30-14-12-29(13-15-30)21-10-7-9-18(2)19(21)3/h7,9-10H,6,8,11-17H2,1-5H3,(H,24,25). The SMILES string of the molecule is CCOCCCNC(=NCc1nnc(C)n1C)N1CCN(c2cccc(C)c2C)CC1. The van der Waals surface area contributed by atoms with E-state index in [0.29, 0.717) is 6.54 Å². The lowest BCUT2D eigenvalue weighted by Crippen LogP contribution is -2.53. The third-order valence-electron chi connectivity index (χ3n) is 6.00. The fourth-order valence-corrected chi connectivity index (χ4v) is 3.76. The summed E-state index contributed by atoms with van der Waals surface area (Å²) in [6, 6.07) is 6.56. The van der Waals surface area contributed by atoms with Crippen LogP contribution in [0.3, 0.4) is 0 Å². The number of piperazine rings is 1. The summed E-state index contributed by atoms with van der Waals surface area (Å²) in [5.41, 5.74) is 4.06. The minimum absolute atomic E-state index is 0.516. The van der Waals surface area contributed by atoms with Crippen LogP contribution in [0.25, 0.3) is 0 Å². The van der Waals surface area contributed by atoms with E-state index in [1.54, 1.807) is 0 Å². The first kappa shape index (κ1) is 23.1. The van der Waals surface area contributed by atoms with Gasteiger partial charge in [-0.15, -0.1) is 10.2 Å². The molecule has 3 rings (SSSR count). The molecule has 8 nitrogen and oxygen atoms in total. The lowest BCUT2D eigenvalue weighted by atomic mass is 10.1. The molecule has 0 bridgehead atoms. The Morgan fingerprint density at radius 3 is 2.58 bits per heavy atom. The summed E-state index contributed by atoms with van der Waals surface area (Å²) in [7, 11) is 1.98. The molecule has 0 unspecified atom stereocenters. The molecule has 2 heterocycles. The molecule has 1 aliphatic heterocycles. The second kappa shape index (κ2) is 11.1. The predicted molar refractivity (Wildman–Crippen MR) is 126 cm³/mol. The van der Waals surface area contributed by atoms with Crippen molar-refractivity contribution in [3.05, 3.63) is 41.0 Å². The quantitative estimate of drug-likeness (QED) is 0.396. The van der Waals surface area contributed by atoms with Gasteiger partial charge in [-0.3, -0.25) is 0 Å². The topological polar surface area (TPSA) is 70.8 Å². The second-order valence-electron chi connectivity index (χ2n) is 8.03.